The van der Waals surface area contributed by atoms with E-state index >= 15 is 0 Å². The highest BCUT2D eigenvalue weighted by Gasteiger charge is 2.29. The van der Waals surface area contributed by atoms with Gasteiger partial charge in [0.25, 0.3) is 5.69 Å². The molecule has 1 aromatic carbocycles. The third-order valence-electron chi connectivity index (χ3n) is 5.39. The molecule has 0 amide bonds. The minimum atomic E-state index is -3.89. The molecule has 0 spiro atoms. The van der Waals surface area contributed by atoms with Gasteiger partial charge in [0.2, 0.25) is 10.0 Å². The number of non-ortho nitro benzene ring substituents is 1. The number of nitro groups is 1. The molecule has 3 aromatic rings. The Balaban J connectivity index is 1.47. The molecule has 0 radical (unpaired) electrons. The number of aromatic nitrogens is 2. The highest BCUT2D eigenvalue weighted by molar-refractivity contribution is 7.89. The van der Waals surface area contributed by atoms with Crippen molar-refractivity contribution in [2.75, 3.05) is 13.1 Å². The second-order valence-corrected chi connectivity index (χ2v) is 9.26. The minimum absolute atomic E-state index is 0.0770. The van der Waals surface area contributed by atoms with Crippen LogP contribution in [0.15, 0.2) is 47.6 Å². The lowest BCUT2D eigenvalue weighted by molar-refractivity contribution is -0.385. The molecule has 11 heteroatoms. The Morgan fingerprint density at radius 2 is 2.16 bits per heavy atom. The fourth-order valence-corrected chi connectivity index (χ4v) is 5.34. The molecule has 31 heavy (non-hydrogen) atoms. The molecule has 4 rings (SSSR count). The first-order valence-corrected chi connectivity index (χ1v) is 11.1. The Morgan fingerprint density at radius 3 is 2.90 bits per heavy atom. The van der Waals surface area contributed by atoms with E-state index < -0.39 is 14.9 Å². The summed E-state index contributed by atoms with van der Waals surface area (Å²) in [7, 11) is -3.89. The number of fused-ring (bicyclic) bond motifs is 1. The lowest BCUT2D eigenvalue weighted by atomic mass is 10.2. The Labute approximate surface area is 178 Å². The normalized spacial score (nSPS) is 17.1. The lowest BCUT2D eigenvalue weighted by Crippen LogP contribution is -2.37. The molecule has 3 heterocycles. The number of aryl methyl sites for hydroxylation is 1. The molecule has 1 fully saturated rings. The van der Waals surface area contributed by atoms with E-state index in [2.05, 4.69) is 20.8 Å². The van der Waals surface area contributed by atoms with Crippen molar-refractivity contribution in [3.05, 3.63) is 69.5 Å². The van der Waals surface area contributed by atoms with Crippen molar-refractivity contribution in [3.63, 3.8) is 0 Å². The minimum Gasteiger partial charge on any atom is -0.297 e. The molecular formula is C20H20N6O4S. The molecule has 1 aliphatic heterocycles. The van der Waals surface area contributed by atoms with Crippen molar-refractivity contribution >= 4 is 21.2 Å². The van der Waals surface area contributed by atoms with Gasteiger partial charge in [-0.05, 0) is 31.0 Å². The van der Waals surface area contributed by atoms with Crippen molar-refractivity contribution in [2.24, 2.45) is 0 Å². The monoisotopic (exact) mass is 440 g/mol. The average molecular weight is 440 g/mol. The van der Waals surface area contributed by atoms with E-state index in [-0.39, 0.29) is 16.6 Å². The third kappa shape index (κ3) is 4.27. The van der Waals surface area contributed by atoms with Gasteiger partial charge in [0.15, 0.2) is 0 Å². The van der Waals surface area contributed by atoms with Crippen molar-refractivity contribution in [3.8, 4) is 6.07 Å². The van der Waals surface area contributed by atoms with Crippen LogP contribution in [0.3, 0.4) is 0 Å². The highest BCUT2D eigenvalue weighted by Crippen LogP contribution is 2.24. The van der Waals surface area contributed by atoms with Crippen LogP contribution in [-0.4, -0.2) is 47.0 Å². The highest BCUT2D eigenvalue weighted by atomic mass is 32.2. The van der Waals surface area contributed by atoms with Crippen LogP contribution >= 0.6 is 0 Å². The smallest absolute Gasteiger partial charge is 0.270 e. The number of nitro benzene ring substituents is 1. The molecule has 0 bridgehead atoms. The Kier molecular flexibility index (Phi) is 5.45. The molecule has 1 N–H and O–H groups in total. The van der Waals surface area contributed by atoms with Crippen LogP contribution in [0.1, 0.15) is 23.1 Å². The maximum Gasteiger partial charge on any atom is 0.270 e. The molecule has 0 saturated carbocycles. The van der Waals surface area contributed by atoms with Gasteiger partial charge >= 0.3 is 0 Å². The van der Waals surface area contributed by atoms with Crippen LogP contribution in [0, 0.1) is 28.4 Å². The fourth-order valence-electron chi connectivity index (χ4n) is 3.81. The van der Waals surface area contributed by atoms with Gasteiger partial charge in [-0.3, -0.25) is 15.0 Å². The molecule has 2 aromatic heterocycles. The number of pyridine rings is 1. The summed E-state index contributed by atoms with van der Waals surface area (Å²) >= 11 is 0. The maximum absolute atomic E-state index is 12.9. The predicted octanol–water partition coefficient (Wildman–Crippen LogP) is 1.98. The van der Waals surface area contributed by atoms with E-state index in [1.807, 2.05) is 0 Å². The van der Waals surface area contributed by atoms with Gasteiger partial charge in [-0.25, -0.2) is 17.7 Å². The van der Waals surface area contributed by atoms with Crippen molar-refractivity contribution < 1.29 is 13.3 Å². The molecule has 0 unspecified atom stereocenters. The Morgan fingerprint density at radius 1 is 1.35 bits per heavy atom. The van der Waals surface area contributed by atoms with Crippen LogP contribution in [-0.2, 0) is 16.6 Å². The van der Waals surface area contributed by atoms with Crippen LogP contribution in [0.25, 0.3) is 5.52 Å². The molecule has 1 atom stereocenters. The number of rotatable bonds is 6. The zero-order valence-electron chi connectivity index (χ0n) is 16.7. The number of sulfonamides is 1. The Hall–Kier alpha value is -3.33. The van der Waals surface area contributed by atoms with E-state index in [0.29, 0.717) is 37.2 Å². The number of benzene rings is 1. The molecule has 10 nitrogen and oxygen atoms in total. The molecular weight excluding hydrogens is 420 g/mol. The quantitative estimate of drug-likeness (QED) is 0.457. The number of likely N-dealkylation sites (tertiary alicyclic amines) is 1. The molecule has 1 aliphatic rings. The first-order valence-electron chi connectivity index (χ1n) is 9.63. The number of nitriles is 1. The topological polar surface area (TPSA) is 134 Å². The summed E-state index contributed by atoms with van der Waals surface area (Å²) in [6.45, 7) is 3.38. The zero-order chi connectivity index (χ0) is 22.2. The van der Waals surface area contributed by atoms with Crippen LogP contribution in [0.5, 0.6) is 0 Å². The molecule has 1 saturated heterocycles. The SMILES string of the molecule is Cc1ccc([N+](=O)[O-])cc1S(=O)(=O)N[C@@H]1CCN(Cc2cnn3ccc(C#N)cc23)C1. The number of nitrogens with one attached hydrogen (secondary N) is 1. The molecule has 160 valence electrons. The summed E-state index contributed by atoms with van der Waals surface area (Å²) in [5.74, 6) is 0. The zero-order valence-corrected chi connectivity index (χ0v) is 17.5. The first kappa shape index (κ1) is 20.9. The van der Waals surface area contributed by atoms with Crippen LogP contribution in [0.4, 0.5) is 5.69 Å². The van der Waals surface area contributed by atoms with E-state index in [1.165, 1.54) is 12.1 Å². The van der Waals surface area contributed by atoms with Gasteiger partial charge in [-0.15, -0.1) is 0 Å². The summed E-state index contributed by atoms with van der Waals surface area (Å²) in [5, 5.41) is 24.4. The fraction of sp³-hybridized carbons (Fsp3) is 0.300. The average Bonchev–Trinajstić information content (AvgIpc) is 3.34. The lowest BCUT2D eigenvalue weighted by Gasteiger charge is -2.17. The largest absolute Gasteiger partial charge is 0.297 e. The number of hydrogen-bond acceptors (Lipinski definition) is 7. The predicted molar refractivity (Wildman–Crippen MR) is 112 cm³/mol. The van der Waals surface area contributed by atoms with E-state index in [9.17, 15) is 18.5 Å². The van der Waals surface area contributed by atoms with Crippen LogP contribution in [0.2, 0.25) is 0 Å². The summed E-state index contributed by atoms with van der Waals surface area (Å²) in [5.41, 5.74) is 2.54. The van der Waals surface area contributed by atoms with E-state index in [4.69, 9.17) is 5.26 Å². The summed E-state index contributed by atoms with van der Waals surface area (Å²) in [6, 6.07) is 9.11. The van der Waals surface area contributed by atoms with Gasteiger partial charge in [0.1, 0.15) is 0 Å². The first-order chi connectivity index (χ1) is 14.8. The van der Waals surface area contributed by atoms with Crippen molar-refractivity contribution in [1.29, 1.82) is 5.26 Å². The third-order valence-corrected chi connectivity index (χ3v) is 7.05. The van der Waals surface area contributed by atoms with Gasteiger partial charge in [-0.2, -0.15) is 10.4 Å². The van der Waals surface area contributed by atoms with Crippen molar-refractivity contribution in [2.45, 2.75) is 30.8 Å². The summed E-state index contributed by atoms with van der Waals surface area (Å²) in [4.78, 5) is 12.5. The second-order valence-electron chi connectivity index (χ2n) is 7.58. The summed E-state index contributed by atoms with van der Waals surface area (Å²) < 4.78 is 30.1. The Bertz CT molecular complexity index is 1310. The molecule has 0 aliphatic carbocycles. The second kappa shape index (κ2) is 8.07. The number of nitrogens with zero attached hydrogens (tertiary/aromatic N) is 5. The summed E-state index contributed by atoms with van der Waals surface area (Å²) in [6.07, 6.45) is 4.11. The van der Waals surface area contributed by atoms with Crippen LogP contribution < -0.4 is 4.72 Å². The van der Waals surface area contributed by atoms with Gasteiger partial charge in [-0.1, -0.05) is 6.07 Å². The van der Waals surface area contributed by atoms with Crippen molar-refractivity contribution in [1.82, 2.24) is 19.2 Å². The number of hydrogen-bond donors (Lipinski definition) is 1. The van der Waals surface area contributed by atoms with E-state index in [0.717, 1.165) is 17.1 Å². The maximum atomic E-state index is 12.9. The van der Waals surface area contributed by atoms with Gasteiger partial charge in [0, 0.05) is 49.6 Å². The van der Waals surface area contributed by atoms with E-state index in [1.54, 1.807) is 36.0 Å². The standard InChI is InChI=1S/C20H20N6O4S/c1-14-2-3-18(26(27)28)9-20(14)31(29,30)23-17-5-6-24(13-17)12-16-11-22-25-7-4-15(10-21)8-19(16)25/h2-4,7-9,11,17,23H,5-6,12-13H2,1H3/t17-/m1/s1. The van der Waals surface area contributed by atoms with Gasteiger partial charge in [0.05, 0.1) is 33.2 Å². The van der Waals surface area contributed by atoms with Gasteiger partial charge < -0.3 is 0 Å².